The molecule has 1 aromatic heterocycles. The maximum absolute atomic E-state index is 10.8. The van der Waals surface area contributed by atoms with Crippen LogP contribution in [0.5, 0.6) is 0 Å². The summed E-state index contributed by atoms with van der Waals surface area (Å²) in [4.78, 5) is 16.9. The van der Waals surface area contributed by atoms with Gasteiger partial charge in [0, 0.05) is 19.3 Å². The predicted molar refractivity (Wildman–Crippen MR) is 60.2 cm³/mol. The molecule has 5 heteroatoms. The molecule has 0 aliphatic carbocycles. The molecule has 2 rings (SSSR count). The molecule has 1 aliphatic heterocycles. The summed E-state index contributed by atoms with van der Waals surface area (Å²) in [7, 11) is 0. The molecule has 0 spiro atoms. The number of nitrogens with zero attached hydrogens (tertiary/aromatic N) is 2. The molecule has 1 aliphatic rings. The second kappa shape index (κ2) is 3.75. The van der Waals surface area contributed by atoms with E-state index in [9.17, 15) is 9.90 Å². The van der Waals surface area contributed by atoms with Gasteiger partial charge in [-0.25, -0.2) is 4.98 Å². The maximum Gasteiger partial charge on any atom is 0.250 e. The van der Waals surface area contributed by atoms with Crippen LogP contribution in [0.15, 0.2) is 18.3 Å². The first-order valence-corrected chi connectivity index (χ1v) is 5.27. The zero-order valence-corrected chi connectivity index (χ0v) is 9.18. The zero-order valence-electron chi connectivity index (χ0n) is 9.18. The van der Waals surface area contributed by atoms with Gasteiger partial charge < -0.3 is 15.7 Å². The molecule has 5 nitrogen and oxygen atoms in total. The van der Waals surface area contributed by atoms with Crippen LogP contribution in [0.3, 0.4) is 0 Å². The number of hydrogen-bond acceptors (Lipinski definition) is 4. The first-order valence-electron chi connectivity index (χ1n) is 5.27. The van der Waals surface area contributed by atoms with E-state index in [2.05, 4.69) is 4.98 Å². The van der Waals surface area contributed by atoms with E-state index in [1.165, 1.54) is 6.20 Å². The number of rotatable bonds is 3. The van der Waals surface area contributed by atoms with E-state index in [4.69, 9.17) is 5.73 Å². The minimum absolute atomic E-state index is 0.398. The number of aliphatic hydroxyl groups is 1. The van der Waals surface area contributed by atoms with Crippen LogP contribution < -0.4 is 10.6 Å². The van der Waals surface area contributed by atoms with Crippen LogP contribution >= 0.6 is 0 Å². The number of amides is 1. The number of carbonyl (C=O) groups is 1. The van der Waals surface area contributed by atoms with Crippen molar-refractivity contribution in [3.63, 3.8) is 0 Å². The van der Waals surface area contributed by atoms with Gasteiger partial charge in [-0.3, -0.25) is 4.79 Å². The van der Waals surface area contributed by atoms with Gasteiger partial charge in [-0.05, 0) is 18.6 Å². The van der Waals surface area contributed by atoms with Gasteiger partial charge in [0.05, 0.1) is 11.2 Å². The summed E-state index contributed by atoms with van der Waals surface area (Å²) >= 11 is 0. The van der Waals surface area contributed by atoms with Crippen LogP contribution in [0.1, 0.15) is 23.7 Å². The molecule has 3 N–H and O–H groups in total. The van der Waals surface area contributed by atoms with Crippen molar-refractivity contribution < 1.29 is 9.90 Å². The van der Waals surface area contributed by atoms with E-state index >= 15 is 0 Å². The molecule has 1 amide bonds. The van der Waals surface area contributed by atoms with E-state index in [-0.39, 0.29) is 0 Å². The van der Waals surface area contributed by atoms with Crippen molar-refractivity contribution in [2.45, 2.75) is 18.9 Å². The van der Waals surface area contributed by atoms with Crippen molar-refractivity contribution in [1.82, 2.24) is 4.98 Å². The Morgan fingerprint density at radius 3 is 2.75 bits per heavy atom. The molecule has 1 saturated heterocycles. The lowest BCUT2D eigenvalue weighted by atomic mass is 9.91. The summed E-state index contributed by atoms with van der Waals surface area (Å²) in [6.07, 6.45) is 2.20. The SMILES string of the molecule is CCC1(O)CN(c2ccc(C(N)=O)cn2)C1. The highest BCUT2D eigenvalue weighted by Gasteiger charge is 2.39. The summed E-state index contributed by atoms with van der Waals surface area (Å²) in [6.45, 7) is 3.14. The number of primary amides is 1. The fourth-order valence-corrected chi connectivity index (χ4v) is 1.77. The topological polar surface area (TPSA) is 79.5 Å². The molecule has 0 saturated carbocycles. The lowest BCUT2D eigenvalue weighted by molar-refractivity contribution is 0.00805. The van der Waals surface area contributed by atoms with E-state index < -0.39 is 11.5 Å². The Morgan fingerprint density at radius 1 is 1.62 bits per heavy atom. The number of carbonyl (C=O) groups excluding carboxylic acids is 1. The van der Waals surface area contributed by atoms with Crippen molar-refractivity contribution in [1.29, 1.82) is 0 Å². The summed E-state index contributed by atoms with van der Waals surface area (Å²) in [6, 6.07) is 3.39. The van der Waals surface area contributed by atoms with Gasteiger partial charge in [0.25, 0.3) is 0 Å². The fraction of sp³-hybridized carbons (Fsp3) is 0.455. The largest absolute Gasteiger partial charge is 0.386 e. The van der Waals surface area contributed by atoms with Gasteiger partial charge in [0.1, 0.15) is 5.82 Å². The smallest absolute Gasteiger partial charge is 0.250 e. The van der Waals surface area contributed by atoms with Crippen LogP contribution in [0, 0.1) is 0 Å². The van der Waals surface area contributed by atoms with Crippen molar-refractivity contribution in [2.75, 3.05) is 18.0 Å². The third kappa shape index (κ3) is 1.86. The molecule has 0 unspecified atom stereocenters. The number of β-amino-alcohol motifs (C(OH)–C–C–N with tert-alkyl or cyclic N) is 1. The molecular weight excluding hydrogens is 206 g/mol. The highest BCUT2D eigenvalue weighted by Crippen LogP contribution is 2.28. The Kier molecular flexibility index (Phi) is 2.55. The van der Waals surface area contributed by atoms with Crippen molar-refractivity contribution >= 4 is 11.7 Å². The van der Waals surface area contributed by atoms with Crippen molar-refractivity contribution in [2.24, 2.45) is 5.73 Å². The maximum atomic E-state index is 10.8. The Morgan fingerprint density at radius 2 is 2.31 bits per heavy atom. The summed E-state index contributed by atoms with van der Waals surface area (Å²) in [5.74, 6) is 0.288. The zero-order chi connectivity index (χ0) is 11.8. The fourth-order valence-electron chi connectivity index (χ4n) is 1.77. The van der Waals surface area contributed by atoms with Gasteiger partial charge >= 0.3 is 0 Å². The molecule has 0 aromatic carbocycles. The first kappa shape index (κ1) is 10.9. The van der Waals surface area contributed by atoms with Crippen LogP contribution in [-0.2, 0) is 0 Å². The Hall–Kier alpha value is -1.62. The molecular formula is C11H15N3O2. The molecule has 1 aromatic rings. The highest BCUT2D eigenvalue weighted by atomic mass is 16.3. The Balaban J connectivity index is 2.05. The molecule has 0 radical (unpaired) electrons. The van der Waals surface area contributed by atoms with Crippen LogP contribution in [0.25, 0.3) is 0 Å². The first-order chi connectivity index (χ1) is 7.54. The number of hydrogen-bond donors (Lipinski definition) is 2. The standard InChI is InChI=1S/C11H15N3O2/c1-2-11(16)6-14(7-11)9-4-3-8(5-13-9)10(12)15/h3-5,16H,2,6-7H2,1H3,(H2,12,15). The van der Waals surface area contributed by atoms with Crippen LogP contribution in [0.2, 0.25) is 0 Å². The molecule has 16 heavy (non-hydrogen) atoms. The third-order valence-corrected chi connectivity index (χ3v) is 2.98. The highest BCUT2D eigenvalue weighted by molar-refractivity contribution is 5.92. The predicted octanol–water partition coefficient (Wildman–Crippen LogP) is 0.142. The van der Waals surface area contributed by atoms with Crippen molar-refractivity contribution in [3.05, 3.63) is 23.9 Å². The van der Waals surface area contributed by atoms with Gasteiger partial charge in [-0.1, -0.05) is 6.92 Å². The summed E-state index contributed by atoms with van der Waals surface area (Å²) in [5.41, 5.74) is 4.94. The number of nitrogens with two attached hydrogens (primary N) is 1. The quantitative estimate of drug-likeness (QED) is 0.761. The van der Waals surface area contributed by atoms with Gasteiger partial charge in [0.15, 0.2) is 0 Å². The minimum atomic E-state index is -0.579. The van der Waals surface area contributed by atoms with E-state index in [1.807, 2.05) is 11.8 Å². The number of pyridine rings is 1. The molecule has 0 bridgehead atoms. The second-order valence-electron chi connectivity index (χ2n) is 4.20. The second-order valence-corrected chi connectivity index (χ2v) is 4.20. The lowest BCUT2D eigenvalue weighted by Gasteiger charge is -2.46. The Labute approximate surface area is 93.9 Å². The summed E-state index contributed by atoms with van der Waals surface area (Å²) < 4.78 is 0. The average Bonchev–Trinajstić information content (AvgIpc) is 2.25. The third-order valence-electron chi connectivity index (χ3n) is 2.98. The minimum Gasteiger partial charge on any atom is -0.386 e. The normalized spacial score (nSPS) is 18.0. The van der Waals surface area contributed by atoms with Gasteiger partial charge in [0.2, 0.25) is 5.91 Å². The average molecular weight is 221 g/mol. The van der Waals surface area contributed by atoms with Gasteiger partial charge in [-0.2, -0.15) is 0 Å². The van der Waals surface area contributed by atoms with Crippen LogP contribution in [-0.4, -0.2) is 34.7 Å². The number of anilines is 1. The summed E-state index contributed by atoms with van der Waals surface area (Å²) in [5, 5.41) is 9.85. The molecule has 86 valence electrons. The van der Waals surface area contributed by atoms with E-state index in [1.54, 1.807) is 12.1 Å². The molecule has 0 atom stereocenters. The monoisotopic (exact) mass is 221 g/mol. The lowest BCUT2D eigenvalue weighted by Crippen LogP contribution is -2.61. The van der Waals surface area contributed by atoms with Crippen LogP contribution in [0.4, 0.5) is 5.82 Å². The van der Waals surface area contributed by atoms with E-state index in [0.717, 1.165) is 12.2 Å². The number of aromatic nitrogens is 1. The van der Waals surface area contributed by atoms with E-state index in [0.29, 0.717) is 18.7 Å². The Bertz CT molecular complexity index is 396. The van der Waals surface area contributed by atoms with Crippen molar-refractivity contribution in [3.8, 4) is 0 Å². The molecule has 1 fully saturated rings. The van der Waals surface area contributed by atoms with Gasteiger partial charge in [-0.15, -0.1) is 0 Å². The molecule has 2 heterocycles.